The van der Waals surface area contributed by atoms with Gasteiger partial charge in [0.15, 0.2) is 11.0 Å². The first-order valence-corrected chi connectivity index (χ1v) is 11.9. The van der Waals surface area contributed by atoms with Gasteiger partial charge >= 0.3 is 6.09 Å². The number of amides is 1. The molecule has 5 nitrogen and oxygen atoms in total. The van der Waals surface area contributed by atoms with E-state index >= 15 is 4.39 Å². The molecular formula is C25H27ClFN3O2. The molecule has 32 heavy (non-hydrogen) atoms. The summed E-state index contributed by atoms with van der Waals surface area (Å²) in [4.78, 5) is 18.8. The van der Waals surface area contributed by atoms with Crippen LogP contribution >= 0.6 is 11.6 Å². The number of carbonyl (C=O) groups is 1. The summed E-state index contributed by atoms with van der Waals surface area (Å²) in [5.41, 5.74) is 2.80. The van der Waals surface area contributed by atoms with E-state index in [2.05, 4.69) is 10.9 Å². The van der Waals surface area contributed by atoms with Crippen LogP contribution in [0.5, 0.6) is 0 Å². The van der Waals surface area contributed by atoms with Crippen molar-refractivity contribution in [3.63, 3.8) is 0 Å². The molecule has 0 spiro atoms. The van der Waals surface area contributed by atoms with Crippen LogP contribution in [0.4, 0.5) is 9.18 Å². The summed E-state index contributed by atoms with van der Waals surface area (Å²) in [5.74, 6) is 3.63. The molecule has 168 valence electrons. The topological polar surface area (TPSA) is 47.4 Å². The number of rotatable bonds is 3. The molecule has 4 fully saturated rings. The molecule has 2 unspecified atom stereocenters. The first-order chi connectivity index (χ1) is 15.2. The lowest BCUT2D eigenvalue weighted by molar-refractivity contribution is 0.0271. The molecule has 1 amide bonds. The summed E-state index contributed by atoms with van der Waals surface area (Å²) in [5, 5.41) is 0.846. The van der Waals surface area contributed by atoms with E-state index < -0.39 is 11.4 Å². The van der Waals surface area contributed by atoms with Gasteiger partial charge in [0.05, 0.1) is 16.9 Å². The van der Waals surface area contributed by atoms with E-state index in [9.17, 15) is 4.79 Å². The molecule has 3 aliphatic carbocycles. The third-order valence-corrected chi connectivity index (χ3v) is 7.55. The molecule has 0 aromatic carbocycles. The predicted molar refractivity (Wildman–Crippen MR) is 120 cm³/mol. The molecule has 0 radical (unpaired) electrons. The number of piperidine rings is 1. The van der Waals surface area contributed by atoms with Crippen molar-refractivity contribution >= 4 is 28.6 Å². The van der Waals surface area contributed by atoms with Crippen molar-refractivity contribution in [1.82, 2.24) is 14.5 Å². The Morgan fingerprint density at radius 1 is 1.22 bits per heavy atom. The van der Waals surface area contributed by atoms with Gasteiger partial charge in [-0.15, -0.1) is 6.42 Å². The van der Waals surface area contributed by atoms with Crippen molar-refractivity contribution in [1.29, 1.82) is 0 Å². The van der Waals surface area contributed by atoms with Crippen LogP contribution in [0.15, 0.2) is 0 Å². The molecular weight excluding hydrogens is 429 g/mol. The van der Waals surface area contributed by atoms with Gasteiger partial charge in [0.1, 0.15) is 5.60 Å². The molecule has 0 N–H and O–H groups in total. The fraction of sp³-hybridized carbons (Fsp3) is 0.600. The first-order valence-electron chi connectivity index (χ1n) is 11.6. The lowest BCUT2D eigenvalue weighted by Crippen LogP contribution is -2.36. The fourth-order valence-corrected chi connectivity index (χ4v) is 5.82. The highest BCUT2D eigenvalue weighted by Crippen LogP contribution is 2.62. The molecule has 1 saturated heterocycles. The zero-order chi connectivity index (χ0) is 22.5. The number of nitrogens with zero attached hydrogens (tertiary/aromatic N) is 3. The second kappa shape index (κ2) is 6.63. The average Bonchev–Trinajstić information content (AvgIpc) is 3.65. The van der Waals surface area contributed by atoms with Crippen molar-refractivity contribution in [3.8, 4) is 12.3 Å². The average molecular weight is 456 g/mol. The van der Waals surface area contributed by atoms with Gasteiger partial charge in [-0.3, -0.25) is 0 Å². The maximum atomic E-state index is 15.4. The minimum atomic E-state index is -0.515. The van der Waals surface area contributed by atoms with Crippen molar-refractivity contribution in [3.05, 3.63) is 27.9 Å². The van der Waals surface area contributed by atoms with Crippen LogP contribution in [0.1, 0.15) is 81.3 Å². The van der Waals surface area contributed by atoms with Crippen LogP contribution < -0.4 is 0 Å². The molecule has 7 heteroatoms. The maximum Gasteiger partial charge on any atom is 0.410 e. The van der Waals surface area contributed by atoms with Crippen LogP contribution in [0.3, 0.4) is 0 Å². The molecule has 1 aliphatic heterocycles. The number of likely N-dealkylation sites (tertiary alicyclic amines) is 1. The molecule has 3 atom stereocenters. The Hall–Kier alpha value is -2.26. The summed E-state index contributed by atoms with van der Waals surface area (Å²) in [6.45, 7) is 6.92. The summed E-state index contributed by atoms with van der Waals surface area (Å²) in [6, 6.07) is 0.231. The Balaban J connectivity index is 1.42. The van der Waals surface area contributed by atoms with Gasteiger partial charge in [-0.2, -0.15) is 0 Å². The third kappa shape index (κ3) is 3.04. The van der Waals surface area contributed by atoms with Crippen LogP contribution in [-0.2, 0) is 4.74 Å². The molecule has 4 aliphatic rings. The zero-order valence-electron chi connectivity index (χ0n) is 18.6. The number of aromatic nitrogens is 2. The van der Waals surface area contributed by atoms with Crippen molar-refractivity contribution in [2.45, 2.75) is 69.9 Å². The maximum absolute atomic E-state index is 15.4. The summed E-state index contributed by atoms with van der Waals surface area (Å²) < 4.78 is 23.0. The molecule has 3 saturated carbocycles. The Labute approximate surface area is 192 Å². The lowest BCUT2D eigenvalue weighted by atomic mass is 9.99. The lowest BCUT2D eigenvalue weighted by Gasteiger charge is -2.26. The number of terminal acetylenes is 1. The highest BCUT2D eigenvalue weighted by molar-refractivity contribution is 6.30. The zero-order valence-corrected chi connectivity index (χ0v) is 19.4. The predicted octanol–water partition coefficient (Wildman–Crippen LogP) is 5.60. The first kappa shape index (κ1) is 20.4. The van der Waals surface area contributed by atoms with E-state index in [0.717, 1.165) is 48.0 Å². The van der Waals surface area contributed by atoms with E-state index in [1.165, 1.54) is 0 Å². The van der Waals surface area contributed by atoms with Gasteiger partial charge in [0.2, 0.25) is 0 Å². The minimum absolute atomic E-state index is 0.0546. The second-order valence-corrected chi connectivity index (χ2v) is 11.2. The van der Waals surface area contributed by atoms with E-state index in [0.29, 0.717) is 36.4 Å². The monoisotopic (exact) mass is 455 g/mol. The number of ether oxygens (including phenoxy) is 1. The smallest absolute Gasteiger partial charge is 0.410 e. The number of fused-ring (bicyclic) bond motifs is 2. The van der Waals surface area contributed by atoms with E-state index in [1.54, 1.807) is 4.90 Å². The van der Waals surface area contributed by atoms with Crippen LogP contribution in [0.2, 0.25) is 5.15 Å². The van der Waals surface area contributed by atoms with Gasteiger partial charge in [-0.1, -0.05) is 17.5 Å². The number of halogens is 2. The Kier molecular flexibility index (Phi) is 4.22. The van der Waals surface area contributed by atoms with Gasteiger partial charge in [0.25, 0.3) is 0 Å². The Morgan fingerprint density at radius 2 is 1.88 bits per heavy atom. The van der Waals surface area contributed by atoms with Crippen LogP contribution in [0, 0.1) is 30.0 Å². The second-order valence-electron chi connectivity index (χ2n) is 10.8. The van der Waals surface area contributed by atoms with Crippen molar-refractivity contribution in [2.24, 2.45) is 11.8 Å². The molecule has 2 aromatic rings. The quantitative estimate of drug-likeness (QED) is 0.447. The van der Waals surface area contributed by atoms with Crippen molar-refractivity contribution < 1.29 is 13.9 Å². The third-order valence-electron chi connectivity index (χ3n) is 7.30. The van der Waals surface area contributed by atoms with E-state index in [-0.39, 0.29) is 23.2 Å². The molecule has 6 rings (SSSR count). The summed E-state index contributed by atoms with van der Waals surface area (Å²) in [6.07, 6.45) is 9.87. The van der Waals surface area contributed by atoms with Crippen molar-refractivity contribution in [2.75, 3.05) is 13.1 Å². The van der Waals surface area contributed by atoms with Gasteiger partial charge in [0, 0.05) is 30.4 Å². The standard InChI is InChI=1S/C25H27ClFN3O2/c1-5-16-18(17-14-10-29(11-15(14)17)24(31)32-25(2,3)4)19-21(12-6-7-12)28-23(26)20(27)22(19)30(16)13-8-9-13/h1,12-15,17H,6-11H2,2-4H3/t14-,15?,17?/m1/s1. The highest BCUT2D eigenvalue weighted by Gasteiger charge is 2.59. The molecule has 0 bridgehead atoms. The van der Waals surface area contributed by atoms with Crippen LogP contribution in [-0.4, -0.2) is 39.2 Å². The van der Waals surface area contributed by atoms with Gasteiger partial charge in [-0.05, 0) is 69.8 Å². The number of hydrogen-bond acceptors (Lipinski definition) is 3. The Bertz CT molecular complexity index is 1190. The number of carbonyl (C=O) groups excluding carboxylic acids is 1. The van der Waals surface area contributed by atoms with Gasteiger partial charge < -0.3 is 14.2 Å². The number of hydrogen-bond donors (Lipinski definition) is 0. The summed E-state index contributed by atoms with van der Waals surface area (Å²) >= 11 is 6.26. The minimum Gasteiger partial charge on any atom is -0.444 e. The Morgan fingerprint density at radius 3 is 2.41 bits per heavy atom. The highest BCUT2D eigenvalue weighted by atomic mass is 35.5. The van der Waals surface area contributed by atoms with E-state index in [4.69, 9.17) is 22.8 Å². The fourth-order valence-electron chi connectivity index (χ4n) is 5.64. The normalized spacial score (nSPS) is 26.9. The van der Waals surface area contributed by atoms with E-state index in [1.807, 2.05) is 25.3 Å². The molecule has 3 heterocycles. The van der Waals surface area contributed by atoms with Crippen LogP contribution in [0.25, 0.3) is 10.9 Å². The SMILES string of the molecule is C#Cc1c(C2C3CN(C(=O)OC(C)(C)C)C[C@H]32)c2c(C3CC3)nc(Cl)c(F)c2n1C1CC1. The molecule has 2 aromatic heterocycles. The number of pyridine rings is 1. The summed E-state index contributed by atoms with van der Waals surface area (Å²) in [7, 11) is 0. The van der Waals surface area contributed by atoms with Gasteiger partial charge in [-0.25, -0.2) is 14.2 Å². The largest absolute Gasteiger partial charge is 0.444 e.